The van der Waals surface area contributed by atoms with Gasteiger partial charge in [-0.05, 0) is 35.4 Å². The minimum Gasteiger partial charge on any atom is -0.379 e. The lowest BCUT2D eigenvalue weighted by Crippen LogP contribution is -2.40. The molecule has 1 aliphatic rings. The van der Waals surface area contributed by atoms with Crippen LogP contribution >= 0.6 is 0 Å². The molecule has 0 bridgehead atoms. The maximum Gasteiger partial charge on any atom is 0.251 e. The summed E-state index contributed by atoms with van der Waals surface area (Å²) >= 11 is 0. The normalized spacial score (nSPS) is 15.7. The zero-order valence-electron chi connectivity index (χ0n) is 19.2. The molecule has 35 heavy (non-hydrogen) atoms. The zero-order valence-corrected chi connectivity index (χ0v) is 20.0. The van der Waals surface area contributed by atoms with Gasteiger partial charge in [0.25, 0.3) is 5.91 Å². The number of sulfonamides is 1. The van der Waals surface area contributed by atoms with Crippen molar-refractivity contribution in [1.29, 1.82) is 0 Å². The van der Waals surface area contributed by atoms with E-state index >= 15 is 0 Å². The first kappa shape index (κ1) is 23.3. The monoisotopic (exact) mass is 489 g/mol. The van der Waals surface area contributed by atoms with Gasteiger partial charge in [-0.15, -0.1) is 0 Å². The average molecular weight is 490 g/mol. The Morgan fingerprint density at radius 1 is 0.971 bits per heavy atom. The van der Waals surface area contributed by atoms with E-state index in [1.54, 1.807) is 12.1 Å². The molecule has 3 aromatic carbocycles. The van der Waals surface area contributed by atoms with Crippen LogP contribution in [-0.2, 0) is 14.8 Å². The van der Waals surface area contributed by atoms with E-state index < -0.39 is 10.0 Å². The van der Waals surface area contributed by atoms with Crippen molar-refractivity contribution in [3.63, 3.8) is 0 Å². The number of hydrogen-bond donors (Lipinski definition) is 2. The van der Waals surface area contributed by atoms with Gasteiger partial charge in [-0.2, -0.15) is 4.31 Å². The van der Waals surface area contributed by atoms with Gasteiger partial charge in [0.1, 0.15) is 0 Å². The maximum atomic E-state index is 13.1. The second kappa shape index (κ2) is 10.0. The summed E-state index contributed by atoms with van der Waals surface area (Å²) in [7, 11) is -3.68. The number of aromatic amines is 1. The fourth-order valence-electron chi connectivity index (χ4n) is 4.51. The topological polar surface area (TPSA) is 91.5 Å². The molecule has 1 aliphatic heterocycles. The van der Waals surface area contributed by atoms with Crippen molar-refractivity contribution in [2.45, 2.75) is 10.8 Å². The SMILES string of the molecule is O=C(NCC(c1ccccc1)c1c[nH]c2ccccc12)c1cccc(S(=O)(=O)N2CCOCC2)c1. The van der Waals surface area contributed by atoms with Gasteiger partial charge in [0.2, 0.25) is 10.0 Å². The van der Waals surface area contributed by atoms with E-state index in [1.165, 1.54) is 16.4 Å². The molecule has 2 heterocycles. The van der Waals surface area contributed by atoms with Crippen molar-refractivity contribution in [3.8, 4) is 0 Å². The van der Waals surface area contributed by atoms with Crippen LogP contribution in [0.15, 0.2) is 90.0 Å². The van der Waals surface area contributed by atoms with E-state index in [4.69, 9.17) is 4.74 Å². The number of aromatic nitrogens is 1. The highest BCUT2D eigenvalue weighted by Gasteiger charge is 2.27. The Labute approximate surface area is 204 Å². The zero-order chi connectivity index (χ0) is 24.3. The Morgan fingerprint density at radius 3 is 2.51 bits per heavy atom. The summed E-state index contributed by atoms with van der Waals surface area (Å²) in [4.78, 5) is 16.6. The van der Waals surface area contributed by atoms with Crippen molar-refractivity contribution < 1.29 is 17.9 Å². The van der Waals surface area contributed by atoms with Crippen LogP contribution in [0, 0.1) is 0 Å². The van der Waals surface area contributed by atoms with Gasteiger partial charge in [0.15, 0.2) is 0 Å². The molecular formula is C27H27N3O4S. The Hall–Kier alpha value is -3.46. The van der Waals surface area contributed by atoms with Gasteiger partial charge < -0.3 is 15.0 Å². The second-order valence-corrected chi connectivity index (χ2v) is 10.4. The van der Waals surface area contributed by atoms with Crippen LogP contribution in [0.3, 0.4) is 0 Å². The smallest absolute Gasteiger partial charge is 0.251 e. The number of amides is 1. The van der Waals surface area contributed by atoms with Crippen molar-refractivity contribution in [2.75, 3.05) is 32.8 Å². The number of rotatable bonds is 7. The number of nitrogens with one attached hydrogen (secondary N) is 2. The third kappa shape index (κ3) is 4.86. The molecule has 1 aromatic heterocycles. The van der Waals surface area contributed by atoms with Crippen molar-refractivity contribution in [1.82, 2.24) is 14.6 Å². The number of benzene rings is 3. The number of H-pyrrole nitrogens is 1. The average Bonchev–Trinajstić information content (AvgIpc) is 3.34. The first-order chi connectivity index (χ1) is 17.0. The molecule has 0 aliphatic carbocycles. The van der Waals surface area contributed by atoms with E-state index in [2.05, 4.69) is 16.4 Å². The molecule has 2 N–H and O–H groups in total. The number of ether oxygens (including phenoxy) is 1. The molecule has 0 saturated carbocycles. The number of para-hydroxylation sites is 1. The second-order valence-electron chi connectivity index (χ2n) is 8.51. The lowest BCUT2D eigenvalue weighted by atomic mass is 9.91. The largest absolute Gasteiger partial charge is 0.379 e. The van der Waals surface area contributed by atoms with E-state index in [0.29, 0.717) is 38.4 Å². The van der Waals surface area contributed by atoms with Crippen LogP contribution in [0.1, 0.15) is 27.4 Å². The summed E-state index contributed by atoms with van der Waals surface area (Å²) in [6.45, 7) is 1.72. The van der Waals surface area contributed by atoms with Crippen LogP contribution in [0.25, 0.3) is 10.9 Å². The maximum absolute atomic E-state index is 13.1. The molecule has 1 atom stereocenters. The summed E-state index contributed by atoms with van der Waals surface area (Å²) < 4.78 is 32.7. The van der Waals surface area contributed by atoms with Crippen molar-refractivity contribution in [3.05, 3.63) is 102 Å². The molecule has 1 fully saturated rings. The van der Waals surface area contributed by atoms with Gasteiger partial charge in [-0.3, -0.25) is 4.79 Å². The van der Waals surface area contributed by atoms with E-state index in [9.17, 15) is 13.2 Å². The lowest BCUT2D eigenvalue weighted by Gasteiger charge is -2.26. The number of carbonyl (C=O) groups is 1. The third-order valence-electron chi connectivity index (χ3n) is 6.37. The van der Waals surface area contributed by atoms with Gasteiger partial charge in [-0.1, -0.05) is 54.6 Å². The summed E-state index contributed by atoms with van der Waals surface area (Å²) in [6, 6.07) is 24.3. The number of carbonyl (C=O) groups excluding carboxylic acids is 1. The van der Waals surface area contributed by atoms with Gasteiger partial charge in [0.05, 0.1) is 18.1 Å². The summed E-state index contributed by atoms with van der Waals surface area (Å²) in [5, 5.41) is 4.13. The molecule has 1 saturated heterocycles. The fraction of sp³-hybridized carbons (Fsp3) is 0.222. The Balaban J connectivity index is 1.38. The van der Waals surface area contributed by atoms with Gasteiger partial charge in [-0.25, -0.2) is 8.42 Å². The predicted octanol–water partition coefficient (Wildman–Crippen LogP) is 3.75. The Morgan fingerprint density at radius 2 is 1.71 bits per heavy atom. The first-order valence-corrected chi connectivity index (χ1v) is 13.0. The molecule has 180 valence electrons. The standard InChI is InChI=1S/C27H27N3O4S/c31-27(21-9-6-10-22(17-21)35(32,33)30-13-15-34-16-14-30)29-18-24(20-7-2-1-3-8-20)25-19-28-26-12-5-4-11-23(25)26/h1-12,17,19,24,28H,13-16,18H2,(H,29,31). The summed E-state index contributed by atoms with van der Waals surface area (Å²) in [5.74, 6) is -0.388. The Kier molecular flexibility index (Phi) is 6.68. The van der Waals surface area contributed by atoms with Gasteiger partial charge in [0, 0.05) is 48.2 Å². The van der Waals surface area contributed by atoms with Crippen LogP contribution < -0.4 is 5.32 Å². The van der Waals surface area contributed by atoms with Crippen LogP contribution in [-0.4, -0.2) is 56.5 Å². The highest BCUT2D eigenvalue weighted by molar-refractivity contribution is 7.89. The number of nitrogens with zero attached hydrogens (tertiary/aromatic N) is 1. The Bertz CT molecular complexity index is 1430. The molecule has 4 aromatic rings. The van der Waals surface area contributed by atoms with Crippen molar-refractivity contribution >= 4 is 26.8 Å². The summed E-state index contributed by atoms with van der Waals surface area (Å²) in [5.41, 5.74) is 3.53. The molecule has 5 rings (SSSR count). The van der Waals surface area contributed by atoms with Gasteiger partial charge >= 0.3 is 0 Å². The summed E-state index contributed by atoms with van der Waals surface area (Å²) in [6.07, 6.45) is 1.99. The molecule has 1 amide bonds. The minimum absolute atomic E-state index is 0.0726. The number of hydrogen-bond acceptors (Lipinski definition) is 4. The number of fused-ring (bicyclic) bond motifs is 1. The van der Waals surface area contributed by atoms with Crippen molar-refractivity contribution in [2.24, 2.45) is 0 Å². The lowest BCUT2D eigenvalue weighted by molar-refractivity contribution is 0.0730. The fourth-order valence-corrected chi connectivity index (χ4v) is 5.96. The van der Waals surface area contributed by atoms with E-state index in [1.807, 2.05) is 54.7 Å². The molecule has 1 unspecified atom stereocenters. The molecule has 7 nitrogen and oxygen atoms in total. The van der Waals surface area contributed by atoms with E-state index in [0.717, 1.165) is 22.0 Å². The predicted molar refractivity (Wildman–Crippen MR) is 135 cm³/mol. The molecule has 0 radical (unpaired) electrons. The number of morpholine rings is 1. The highest BCUT2D eigenvalue weighted by atomic mass is 32.2. The molecule has 0 spiro atoms. The van der Waals surface area contributed by atoms with E-state index in [-0.39, 0.29) is 16.7 Å². The van der Waals surface area contributed by atoms with Crippen LogP contribution in [0.2, 0.25) is 0 Å². The van der Waals surface area contributed by atoms with Crippen LogP contribution in [0.5, 0.6) is 0 Å². The molecular weight excluding hydrogens is 462 g/mol. The quantitative estimate of drug-likeness (QED) is 0.414. The molecule has 8 heteroatoms. The minimum atomic E-state index is -3.68. The van der Waals surface area contributed by atoms with Crippen LogP contribution in [0.4, 0.5) is 0 Å². The third-order valence-corrected chi connectivity index (χ3v) is 8.26. The highest BCUT2D eigenvalue weighted by Crippen LogP contribution is 2.30. The first-order valence-electron chi connectivity index (χ1n) is 11.6.